The van der Waals surface area contributed by atoms with E-state index in [9.17, 15) is 0 Å². The smallest absolute Gasteiger partial charge is 0.119 e. The van der Waals surface area contributed by atoms with Crippen molar-refractivity contribution in [2.75, 3.05) is 13.7 Å². The number of benzene rings is 1. The van der Waals surface area contributed by atoms with Crippen molar-refractivity contribution in [3.8, 4) is 5.75 Å². The van der Waals surface area contributed by atoms with Crippen LogP contribution in [0.1, 0.15) is 12.8 Å². The van der Waals surface area contributed by atoms with Gasteiger partial charge in [0.15, 0.2) is 0 Å². The van der Waals surface area contributed by atoms with Gasteiger partial charge in [-0.05, 0) is 44.2 Å². The fourth-order valence-corrected chi connectivity index (χ4v) is 1.48. The summed E-state index contributed by atoms with van der Waals surface area (Å²) < 4.78 is 5.66. The number of hydrogen-bond acceptors (Lipinski definition) is 2. The molecule has 0 radical (unpaired) electrons. The van der Waals surface area contributed by atoms with Crippen LogP contribution in [-0.2, 0) is 0 Å². The zero-order valence-electron chi connectivity index (χ0n) is 9.58. The van der Waals surface area contributed by atoms with Gasteiger partial charge in [0.1, 0.15) is 12.4 Å². The molecule has 0 heterocycles. The van der Waals surface area contributed by atoms with Crippen molar-refractivity contribution >= 4 is 11.6 Å². The summed E-state index contributed by atoms with van der Waals surface area (Å²) in [4.78, 5) is 0. The number of likely N-dealkylation sites (N-methyl/N-ethyl adjacent to an activating group) is 1. The molecular formula is C13H18ClNO. The number of ether oxygens (including phenoxy) is 1. The van der Waals surface area contributed by atoms with Crippen LogP contribution in [0.4, 0.5) is 0 Å². The molecule has 1 rings (SSSR count). The molecule has 0 saturated carbocycles. The molecule has 0 aromatic heterocycles. The van der Waals surface area contributed by atoms with Crippen molar-refractivity contribution in [1.82, 2.24) is 5.32 Å². The van der Waals surface area contributed by atoms with Gasteiger partial charge in [0, 0.05) is 11.1 Å². The van der Waals surface area contributed by atoms with E-state index in [4.69, 9.17) is 16.3 Å². The molecule has 16 heavy (non-hydrogen) atoms. The molecule has 0 spiro atoms. The van der Waals surface area contributed by atoms with Crippen LogP contribution >= 0.6 is 11.6 Å². The van der Waals surface area contributed by atoms with Crippen molar-refractivity contribution in [2.45, 2.75) is 18.9 Å². The van der Waals surface area contributed by atoms with E-state index in [-0.39, 0.29) is 0 Å². The molecule has 0 aliphatic rings. The largest absolute Gasteiger partial charge is 0.492 e. The van der Waals surface area contributed by atoms with Crippen LogP contribution in [0.15, 0.2) is 36.9 Å². The topological polar surface area (TPSA) is 21.3 Å². The van der Waals surface area contributed by atoms with E-state index in [1.165, 1.54) is 0 Å². The molecule has 0 saturated heterocycles. The Morgan fingerprint density at radius 1 is 1.44 bits per heavy atom. The highest BCUT2D eigenvalue weighted by Gasteiger charge is 2.05. The Labute approximate surface area is 102 Å². The van der Waals surface area contributed by atoms with Crippen molar-refractivity contribution in [3.63, 3.8) is 0 Å². The molecule has 1 aromatic carbocycles. The number of allylic oxidation sites excluding steroid dienone is 1. The lowest BCUT2D eigenvalue weighted by atomic mass is 10.2. The summed E-state index contributed by atoms with van der Waals surface area (Å²) in [6, 6.07) is 7.77. The Hall–Kier alpha value is -0.990. The van der Waals surface area contributed by atoms with Crippen molar-refractivity contribution < 1.29 is 4.74 Å². The van der Waals surface area contributed by atoms with E-state index < -0.39 is 0 Å². The number of nitrogens with one attached hydrogen (secondary N) is 1. The Kier molecular flexibility index (Phi) is 5.98. The molecule has 0 bridgehead atoms. The van der Waals surface area contributed by atoms with Gasteiger partial charge in [-0.15, -0.1) is 6.58 Å². The number of halogens is 1. The lowest BCUT2D eigenvalue weighted by Gasteiger charge is -2.16. The number of rotatable bonds is 7. The third-order valence-corrected chi connectivity index (χ3v) is 2.64. The number of hydrogen-bond donors (Lipinski definition) is 1. The molecular weight excluding hydrogens is 222 g/mol. The van der Waals surface area contributed by atoms with E-state index in [0.717, 1.165) is 23.6 Å². The first-order valence-corrected chi connectivity index (χ1v) is 5.80. The van der Waals surface area contributed by atoms with Crippen LogP contribution in [0.25, 0.3) is 0 Å². The monoisotopic (exact) mass is 239 g/mol. The molecule has 1 aromatic rings. The van der Waals surface area contributed by atoms with Gasteiger partial charge >= 0.3 is 0 Å². The predicted molar refractivity (Wildman–Crippen MR) is 69.2 cm³/mol. The minimum absolute atomic E-state index is 0.355. The summed E-state index contributed by atoms with van der Waals surface area (Å²) >= 11 is 5.79. The maximum Gasteiger partial charge on any atom is 0.119 e. The predicted octanol–water partition coefficient (Wildman–Crippen LogP) is 3.27. The summed E-state index contributed by atoms with van der Waals surface area (Å²) in [6.07, 6.45) is 3.95. The standard InChI is InChI=1S/C13H18ClNO/c1-3-4-5-12(15-2)10-16-13-8-6-11(14)7-9-13/h3,6-9,12,15H,1,4-5,10H2,2H3. The molecule has 1 unspecified atom stereocenters. The summed E-state index contributed by atoms with van der Waals surface area (Å²) in [5, 5.41) is 3.95. The lowest BCUT2D eigenvalue weighted by Crippen LogP contribution is -2.31. The second kappa shape index (κ2) is 7.31. The van der Waals surface area contributed by atoms with Gasteiger partial charge in [-0.1, -0.05) is 17.7 Å². The summed E-state index contributed by atoms with van der Waals surface area (Å²) in [5.74, 6) is 0.850. The fraction of sp³-hybridized carbons (Fsp3) is 0.385. The zero-order valence-corrected chi connectivity index (χ0v) is 10.3. The van der Waals surface area contributed by atoms with Crippen LogP contribution in [0.5, 0.6) is 5.75 Å². The lowest BCUT2D eigenvalue weighted by molar-refractivity contribution is 0.264. The Morgan fingerprint density at radius 3 is 2.69 bits per heavy atom. The highest BCUT2D eigenvalue weighted by atomic mass is 35.5. The van der Waals surface area contributed by atoms with E-state index >= 15 is 0 Å². The van der Waals surface area contributed by atoms with Crippen LogP contribution in [0, 0.1) is 0 Å². The Morgan fingerprint density at radius 2 is 2.12 bits per heavy atom. The second-order valence-electron chi connectivity index (χ2n) is 3.62. The van der Waals surface area contributed by atoms with Crippen molar-refractivity contribution in [1.29, 1.82) is 0 Å². The quantitative estimate of drug-likeness (QED) is 0.738. The Bertz CT molecular complexity index is 310. The Balaban J connectivity index is 2.36. The first-order valence-electron chi connectivity index (χ1n) is 5.42. The van der Waals surface area contributed by atoms with Crippen LogP contribution in [0.2, 0.25) is 5.02 Å². The van der Waals surface area contributed by atoms with E-state index in [1.807, 2.05) is 37.4 Å². The first-order chi connectivity index (χ1) is 7.76. The average Bonchev–Trinajstić information content (AvgIpc) is 2.32. The van der Waals surface area contributed by atoms with Gasteiger partial charge in [-0.25, -0.2) is 0 Å². The minimum atomic E-state index is 0.355. The van der Waals surface area contributed by atoms with Crippen LogP contribution < -0.4 is 10.1 Å². The molecule has 0 fully saturated rings. The van der Waals surface area contributed by atoms with E-state index in [2.05, 4.69) is 11.9 Å². The highest BCUT2D eigenvalue weighted by Crippen LogP contribution is 2.15. The normalized spacial score (nSPS) is 12.1. The molecule has 1 N–H and O–H groups in total. The van der Waals surface area contributed by atoms with Crippen LogP contribution in [0.3, 0.4) is 0 Å². The molecule has 1 atom stereocenters. The summed E-state index contributed by atoms with van der Waals surface area (Å²) in [5.41, 5.74) is 0. The molecule has 0 aliphatic heterocycles. The maximum atomic E-state index is 5.79. The third kappa shape index (κ3) is 4.69. The van der Waals surface area contributed by atoms with E-state index in [1.54, 1.807) is 0 Å². The summed E-state index contributed by atoms with van der Waals surface area (Å²) in [7, 11) is 1.94. The molecule has 3 heteroatoms. The van der Waals surface area contributed by atoms with E-state index in [0.29, 0.717) is 12.6 Å². The molecule has 88 valence electrons. The van der Waals surface area contributed by atoms with Gasteiger partial charge in [0.25, 0.3) is 0 Å². The molecule has 0 aliphatic carbocycles. The third-order valence-electron chi connectivity index (χ3n) is 2.39. The van der Waals surface area contributed by atoms with Gasteiger partial charge in [-0.2, -0.15) is 0 Å². The van der Waals surface area contributed by atoms with Gasteiger partial charge in [-0.3, -0.25) is 0 Å². The van der Waals surface area contributed by atoms with Gasteiger partial charge in [0.05, 0.1) is 0 Å². The van der Waals surface area contributed by atoms with Gasteiger partial charge < -0.3 is 10.1 Å². The average molecular weight is 240 g/mol. The fourth-order valence-electron chi connectivity index (χ4n) is 1.36. The van der Waals surface area contributed by atoms with Gasteiger partial charge in [0.2, 0.25) is 0 Å². The summed E-state index contributed by atoms with van der Waals surface area (Å²) in [6.45, 7) is 4.37. The zero-order chi connectivity index (χ0) is 11.8. The second-order valence-corrected chi connectivity index (χ2v) is 4.05. The molecule has 0 amide bonds. The van der Waals surface area contributed by atoms with Crippen molar-refractivity contribution in [3.05, 3.63) is 41.9 Å². The maximum absolute atomic E-state index is 5.79. The van der Waals surface area contributed by atoms with Crippen molar-refractivity contribution in [2.24, 2.45) is 0 Å². The minimum Gasteiger partial charge on any atom is -0.492 e. The highest BCUT2D eigenvalue weighted by molar-refractivity contribution is 6.30. The molecule has 2 nitrogen and oxygen atoms in total. The SMILES string of the molecule is C=CCCC(COc1ccc(Cl)cc1)NC. The van der Waals surface area contributed by atoms with Crippen LogP contribution in [-0.4, -0.2) is 19.7 Å². The first kappa shape index (κ1) is 13.1.